The van der Waals surface area contributed by atoms with Crippen molar-refractivity contribution in [2.24, 2.45) is 34.5 Å². The molecule has 9 rings (SSSR count). The second-order valence-corrected chi connectivity index (χ2v) is 18.1. The lowest BCUT2D eigenvalue weighted by atomic mass is 9.43. The highest BCUT2D eigenvalue weighted by atomic mass is 16.8. The Morgan fingerprint density at radius 1 is 0.925 bits per heavy atom. The third kappa shape index (κ3) is 6.45. The van der Waals surface area contributed by atoms with Crippen molar-refractivity contribution in [3.05, 3.63) is 29.3 Å². The first-order chi connectivity index (χ1) is 24.8. The Bertz CT molecular complexity index is 1620. The maximum atomic E-state index is 13.9. The zero-order valence-corrected chi connectivity index (χ0v) is 33.1. The van der Waals surface area contributed by atoms with E-state index < -0.39 is 42.9 Å². The Kier molecular flexibility index (Phi) is 9.72. The molecule has 0 radical (unpaired) electrons. The molecule has 53 heavy (non-hydrogen) atoms. The molecule has 2 aliphatic heterocycles. The molecule has 4 bridgehead atoms. The summed E-state index contributed by atoms with van der Waals surface area (Å²) in [4.78, 5) is 39.0. The fourth-order valence-corrected chi connectivity index (χ4v) is 11.1. The van der Waals surface area contributed by atoms with Gasteiger partial charge in [-0.1, -0.05) is 39.8 Å². The molecule has 2 heterocycles. The van der Waals surface area contributed by atoms with E-state index in [2.05, 4.69) is 46.9 Å². The normalized spacial score (nSPS) is 37.9. The van der Waals surface area contributed by atoms with Gasteiger partial charge < -0.3 is 43.0 Å². The molecular formula is C40H58BNO11. The van der Waals surface area contributed by atoms with Gasteiger partial charge in [-0.15, -0.1) is 0 Å². The molecule has 1 aromatic rings. The summed E-state index contributed by atoms with van der Waals surface area (Å²) in [6, 6.07) is 5.14. The molecule has 0 aromatic heterocycles. The first-order valence-electron chi connectivity index (χ1n) is 19.6. The van der Waals surface area contributed by atoms with Crippen LogP contribution in [0.25, 0.3) is 0 Å². The summed E-state index contributed by atoms with van der Waals surface area (Å²) in [5.41, 5.74) is 0.300. The highest BCUT2D eigenvalue weighted by Crippen LogP contribution is 2.68. The van der Waals surface area contributed by atoms with E-state index in [1.165, 1.54) is 14.0 Å². The molecule has 12 nitrogen and oxygen atoms in total. The van der Waals surface area contributed by atoms with Crippen molar-refractivity contribution in [2.75, 3.05) is 13.7 Å². The molecule has 1 amide bonds. The minimum Gasteiger partial charge on any atom is -0.496 e. The van der Waals surface area contributed by atoms with Gasteiger partial charge in [0.1, 0.15) is 11.3 Å². The van der Waals surface area contributed by atoms with Crippen LogP contribution in [0.15, 0.2) is 18.2 Å². The number of hydrogen-bond donors (Lipinski definition) is 1. The number of carbonyl (C=O) groups excluding carboxylic acids is 3. The molecule has 11 unspecified atom stereocenters. The summed E-state index contributed by atoms with van der Waals surface area (Å²) in [7, 11) is 0.744. The van der Waals surface area contributed by atoms with Gasteiger partial charge in [-0.2, -0.15) is 0 Å². The summed E-state index contributed by atoms with van der Waals surface area (Å²) >= 11 is 0. The lowest BCUT2D eigenvalue weighted by Crippen LogP contribution is -2.65. The second-order valence-electron chi connectivity index (χ2n) is 18.1. The Morgan fingerprint density at radius 3 is 2.23 bits per heavy atom. The van der Waals surface area contributed by atoms with Crippen LogP contribution in [0, 0.1) is 34.5 Å². The average molecular weight is 740 g/mol. The minimum absolute atomic E-state index is 0.0195. The van der Waals surface area contributed by atoms with Crippen LogP contribution in [0.4, 0.5) is 4.79 Å². The van der Waals surface area contributed by atoms with Crippen LogP contribution in [0.5, 0.6) is 5.75 Å². The third-order valence-corrected chi connectivity index (χ3v) is 14.3. The van der Waals surface area contributed by atoms with Crippen molar-refractivity contribution >= 4 is 25.2 Å². The van der Waals surface area contributed by atoms with Crippen LogP contribution in [0.2, 0.25) is 0 Å². The lowest BCUT2D eigenvalue weighted by molar-refractivity contribution is -0.226. The van der Waals surface area contributed by atoms with Crippen molar-refractivity contribution in [1.29, 1.82) is 0 Å². The molecule has 8 aliphatic rings. The van der Waals surface area contributed by atoms with E-state index in [-0.39, 0.29) is 65.3 Å². The Labute approximate surface area is 314 Å². The van der Waals surface area contributed by atoms with Crippen molar-refractivity contribution in [3.8, 4) is 5.75 Å². The summed E-state index contributed by atoms with van der Waals surface area (Å²) in [5, 5.41) is 3.25. The molecule has 11 atom stereocenters. The molecule has 0 spiro atoms. The first-order valence-corrected chi connectivity index (χ1v) is 19.6. The number of ether oxygens (including phenoxy) is 6. The Balaban J connectivity index is 1.08. The number of rotatable bonds is 12. The standard InChI is InChI=1S/C40H58BNO11/c1-11-47-35(45)49-22(2)48-34(44)26-14-12-13-23(33(26)46-10)17-31(41-51-30-21-25-19-28(37(25,5)6)40(30,9)53-41)42-32(43)15-16-38(7)50-29-20-24-18-27(36(24,3)4)39(29,8)52-38/h12-14,22,24-25,27-31H,11,15-21H2,1-10H3,(H,42,43). The number of amides is 1. The molecule has 8 fully saturated rings. The van der Waals surface area contributed by atoms with Gasteiger partial charge in [0.25, 0.3) is 0 Å². The number of methoxy groups -OCH3 is 1. The molecule has 13 heteroatoms. The third-order valence-electron chi connectivity index (χ3n) is 14.3. The van der Waals surface area contributed by atoms with Crippen LogP contribution in [0.3, 0.4) is 0 Å². The highest BCUT2D eigenvalue weighted by molar-refractivity contribution is 6.48. The van der Waals surface area contributed by atoms with Gasteiger partial charge in [0.15, 0.2) is 5.79 Å². The summed E-state index contributed by atoms with van der Waals surface area (Å²) in [6.45, 7) is 18.8. The average Bonchev–Trinajstić information content (AvgIpc) is 3.59. The number of esters is 1. The van der Waals surface area contributed by atoms with Gasteiger partial charge in [0.2, 0.25) is 12.2 Å². The Hall–Kier alpha value is -2.87. The van der Waals surface area contributed by atoms with Gasteiger partial charge >= 0.3 is 19.2 Å². The minimum atomic E-state index is -1.19. The van der Waals surface area contributed by atoms with Gasteiger partial charge in [0, 0.05) is 19.8 Å². The zero-order chi connectivity index (χ0) is 38.3. The molecule has 1 aromatic carbocycles. The quantitative estimate of drug-likeness (QED) is 0.145. The molecule has 1 N–H and O–H groups in total. The largest absolute Gasteiger partial charge is 0.511 e. The molecule has 6 aliphatic carbocycles. The molecule has 292 valence electrons. The van der Waals surface area contributed by atoms with E-state index in [1.54, 1.807) is 19.1 Å². The van der Waals surface area contributed by atoms with Crippen LogP contribution in [0.1, 0.15) is 117 Å². The van der Waals surface area contributed by atoms with Gasteiger partial charge in [0.05, 0.1) is 43.1 Å². The molecule has 6 saturated carbocycles. The van der Waals surface area contributed by atoms with Gasteiger partial charge in [-0.3, -0.25) is 4.79 Å². The van der Waals surface area contributed by atoms with Crippen molar-refractivity contribution in [1.82, 2.24) is 5.32 Å². The topological polar surface area (TPSA) is 137 Å². The number of nitrogens with one attached hydrogen (secondary N) is 1. The zero-order valence-electron chi connectivity index (χ0n) is 33.1. The van der Waals surface area contributed by atoms with E-state index in [4.69, 9.17) is 37.7 Å². The maximum Gasteiger partial charge on any atom is 0.511 e. The first kappa shape index (κ1) is 38.4. The van der Waals surface area contributed by atoms with E-state index in [1.807, 2.05) is 13.0 Å². The van der Waals surface area contributed by atoms with Gasteiger partial charge in [-0.05, 0) is 106 Å². The van der Waals surface area contributed by atoms with E-state index in [0.29, 0.717) is 35.7 Å². The highest BCUT2D eigenvalue weighted by Gasteiger charge is 2.70. The number of hydrogen-bond acceptors (Lipinski definition) is 11. The van der Waals surface area contributed by atoms with Crippen LogP contribution >= 0.6 is 0 Å². The smallest absolute Gasteiger partial charge is 0.496 e. The van der Waals surface area contributed by atoms with E-state index in [9.17, 15) is 14.4 Å². The van der Waals surface area contributed by atoms with Gasteiger partial charge in [-0.25, -0.2) is 9.59 Å². The van der Waals surface area contributed by atoms with Crippen LogP contribution < -0.4 is 10.1 Å². The van der Waals surface area contributed by atoms with Crippen molar-refractivity contribution in [3.63, 3.8) is 0 Å². The summed E-state index contributed by atoms with van der Waals surface area (Å²) < 4.78 is 47.9. The number of carbonyl (C=O) groups is 3. The predicted octanol–water partition coefficient (Wildman–Crippen LogP) is 6.40. The second kappa shape index (κ2) is 13.4. The molecule has 2 saturated heterocycles. The van der Waals surface area contributed by atoms with E-state index in [0.717, 1.165) is 25.7 Å². The number of benzene rings is 1. The van der Waals surface area contributed by atoms with Crippen LogP contribution in [-0.4, -0.2) is 80.3 Å². The van der Waals surface area contributed by atoms with Crippen LogP contribution in [-0.2, 0) is 44.2 Å². The lowest BCUT2D eigenvalue weighted by Gasteiger charge is -2.64. The van der Waals surface area contributed by atoms with Crippen molar-refractivity contribution < 1.29 is 52.1 Å². The predicted molar refractivity (Wildman–Crippen MR) is 194 cm³/mol. The fourth-order valence-electron chi connectivity index (χ4n) is 11.1. The summed E-state index contributed by atoms with van der Waals surface area (Å²) in [6.07, 6.45) is 2.76. The maximum absolute atomic E-state index is 13.9. The van der Waals surface area contributed by atoms with Crippen molar-refractivity contribution in [2.45, 2.75) is 149 Å². The number of para-hydroxylation sites is 1. The Morgan fingerprint density at radius 2 is 1.58 bits per heavy atom. The summed E-state index contributed by atoms with van der Waals surface area (Å²) in [5.74, 6) is -0.163. The van der Waals surface area contributed by atoms with E-state index >= 15 is 0 Å². The monoisotopic (exact) mass is 739 g/mol. The molecular weight excluding hydrogens is 681 g/mol. The SMILES string of the molecule is CCOC(=O)OC(C)OC(=O)c1cccc(CC(NC(=O)CCC2(C)OC3CC4CC(C4(C)C)C3(C)O2)B2OC3CC4CC(C4(C)C)C3(C)O2)c1OC. The fraction of sp³-hybridized carbons (Fsp3) is 0.775.